The summed E-state index contributed by atoms with van der Waals surface area (Å²) in [6.45, 7) is 5.17. The van der Waals surface area contributed by atoms with Crippen molar-refractivity contribution in [2.45, 2.75) is 31.1 Å². The van der Waals surface area contributed by atoms with E-state index in [9.17, 15) is 4.79 Å². The van der Waals surface area contributed by atoms with E-state index in [0.717, 1.165) is 18.7 Å². The fourth-order valence-corrected chi connectivity index (χ4v) is 2.02. The molecule has 5 heteroatoms. The minimum Gasteiger partial charge on any atom is -0.335 e. The first-order chi connectivity index (χ1) is 6.98. The van der Waals surface area contributed by atoms with Crippen LogP contribution in [0.2, 0.25) is 0 Å². The highest BCUT2D eigenvalue weighted by atomic mass is 79.9. The molecule has 1 aliphatic rings. The van der Waals surface area contributed by atoms with Gasteiger partial charge in [-0.1, -0.05) is 15.9 Å². The molecule has 1 amide bonds. The van der Waals surface area contributed by atoms with Gasteiger partial charge in [-0.05, 0) is 25.8 Å². The SMILES string of the molecule is CC(C)(Br)C(=O)N1CCc2cn[nH]c2C1. The van der Waals surface area contributed by atoms with E-state index >= 15 is 0 Å². The lowest BCUT2D eigenvalue weighted by Gasteiger charge is -2.31. The van der Waals surface area contributed by atoms with Crippen LogP contribution in [0.15, 0.2) is 6.20 Å². The summed E-state index contributed by atoms with van der Waals surface area (Å²) >= 11 is 3.39. The van der Waals surface area contributed by atoms with Gasteiger partial charge in [-0.3, -0.25) is 9.89 Å². The van der Waals surface area contributed by atoms with E-state index in [1.165, 1.54) is 5.56 Å². The van der Waals surface area contributed by atoms with Crippen LogP contribution < -0.4 is 0 Å². The van der Waals surface area contributed by atoms with Gasteiger partial charge in [-0.25, -0.2) is 0 Å². The Balaban J connectivity index is 2.14. The van der Waals surface area contributed by atoms with Gasteiger partial charge < -0.3 is 4.90 Å². The summed E-state index contributed by atoms with van der Waals surface area (Å²) < 4.78 is -0.482. The van der Waals surface area contributed by atoms with Gasteiger partial charge in [0.2, 0.25) is 5.91 Å². The lowest BCUT2D eigenvalue weighted by molar-refractivity contribution is -0.133. The number of nitrogens with zero attached hydrogens (tertiary/aromatic N) is 2. The zero-order valence-electron chi connectivity index (χ0n) is 8.88. The number of carbonyl (C=O) groups is 1. The van der Waals surface area contributed by atoms with Crippen LogP contribution >= 0.6 is 15.9 Å². The molecule has 0 fully saturated rings. The number of halogens is 1. The van der Waals surface area contributed by atoms with Crippen molar-refractivity contribution in [3.05, 3.63) is 17.5 Å². The number of hydrogen-bond donors (Lipinski definition) is 1. The van der Waals surface area contributed by atoms with Crippen molar-refractivity contribution < 1.29 is 4.79 Å². The largest absolute Gasteiger partial charge is 0.335 e. The second kappa shape index (κ2) is 3.63. The molecule has 0 aromatic carbocycles. The number of aromatic nitrogens is 2. The lowest BCUT2D eigenvalue weighted by atomic mass is 10.1. The fraction of sp³-hybridized carbons (Fsp3) is 0.600. The molecule has 1 N–H and O–H groups in total. The summed E-state index contributed by atoms with van der Waals surface area (Å²) in [6, 6.07) is 0. The zero-order chi connectivity index (χ0) is 11.1. The molecule has 2 rings (SSSR count). The van der Waals surface area contributed by atoms with Crippen LogP contribution in [0.3, 0.4) is 0 Å². The van der Waals surface area contributed by atoms with Crippen LogP contribution in [0.1, 0.15) is 25.1 Å². The summed E-state index contributed by atoms with van der Waals surface area (Å²) in [5.74, 6) is 0.128. The molecule has 1 aromatic heterocycles. The molecule has 0 radical (unpaired) electrons. The number of rotatable bonds is 1. The van der Waals surface area contributed by atoms with Crippen molar-refractivity contribution in [3.8, 4) is 0 Å². The third-order valence-corrected chi connectivity index (χ3v) is 2.94. The Morgan fingerprint density at radius 3 is 3.07 bits per heavy atom. The fourth-order valence-electron chi connectivity index (χ4n) is 1.76. The van der Waals surface area contributed by atoms with Crippen molar-refractivity contribution >= 4 is 21.8 Å². The minimum absolute atomic E-state index is 0.128. The number of carbonyl (C=O) groups excluding carboxylic acids is 1. The molecule has 15 heavy (non-hydrogen) atoms. The van der Waals surface area contributed by atoms with E-state index in [-0.39, 0.29) is 5.91 Å². The number of alkyl halides is 1. The Kier molecular flexibility index (Phi) is 2.58. The topological polar surface area (TPSA) is 49.0 Å². The molecule has 0 aliphatic carbocycles. The Hall–Kier alpha value is -0.840. The molecule has 0 unspecified atom stereocenters. The molecule has 1 aromatic rings. The summed E-state index contributed by atoms with van der Waals surface area (Å²) in [5.41, 5.74) is 2.29. The third kappa shape index (κ3) is 2.07. The maximum Gasteiger partial charge on any atom is 0.239 e. The second-order valence-corrected chi connectivity index (χ2v) is 6.31. The molecule has 0 bridgehead atoms. The molecule has 0 atom stereocenters. The van der Waals surface area contributed by atoms with Crippen molar-refractivity contribution in [1.29, 1.82) is 0 Å². The molecule has 0 saturated carbocycles. The van der Waals surface area contributed by atoms with Crippen LogP contribution in [0.25, 0.3) is 0 Å². The number of hydrogen-bond acceptors (Lipinski definition) is 2. The van der Waals surface area contributed by atoms with Crippen LogP contribution in [-0.4, -0.2) is 31.9 Å². The number of H-pyrrole nitrogens is 1. The molecule has 2 heterocycles. The highest BCUT2D eigenvalue weighted by molar-refractivity contribution is 9.10. The summed E-state index contributed by atoms with van der Waals surface area (Å²) in [5, 5.41) is 6.92. The summed E-state index contributed by atoms with van der Waals surface area (Å²) in [6.07, 6.45) is 2.73. The molecule has 0 spiro atoms. The molecule has 82 valence electrons. The van der Waals surface area contributed by atoms with Gasteiger partial charge in [0.25, 0.3) is 0 Å². The normalized spacial score (nSPS) is 16.3. The zero-order valence-corrected chi connectivity index (χ0v) is 10.5. The third-order valence-electron chi connectivity index (χ3n) is 2.60. The molecular weight excluding hydrogens is 258 g/mol. The maximum absolute atomic E-state index is 12.0. The Morgan fingerprint density at radius 1 is 1.67 bits per heavy atom. The highest BCUT2D eigenvalue weighted by Gasteiger charge is 2.31. The quantitative estimate of drug-likeness (QED) is 0.787. The smallest absolute Gasteiger partial charge is 0.239 e. The van der Waals surface area contributed by atoms with Crippen LogP contribution in [-0.2, 0) is 17.8 Å². The Bertz CT molecular complexity index is 380. The van der Waals surface area contributed by atoms with Gasteiger partial charge in [-0.15, -0.1) is 0 Å². The van der Waals surface area contributed by atoms with Gasteiger partial charge in [0.15, 0.2) is 0 Å². The first-order valence-corrected chi connectivity index (χ1v) is 5.77. The number of aromatic amines is 1. The first-order valence-electron chi connectivity index (χ1n) is 4.98. The average Bonchev–Trinajstić information content (AvgIpc) is 2.61. The number of fused-ring (bicyclic) bond motifs is 1. The summed E-state index contributed by atoms with van der Waals surface area (Å²) in [7, 11) is 0. The van der Waals surface area contributed by atoms with Crippen LogP contribution in [0.5, 0.6) is 0 Å². The molecule has 0 saturated heterocycles. The van der Waals surface area contributed by atoms with Crippen LogP contribution in [0.4, 0.5) is 0 Å². The average molecular weight is 272 g/mol. The van der Waals surface area contributed by atoms with E-state index in [1.54, 1.807) is 0 Å². The van der Waals surface area contributed by atoms with Gasteiger partial charge >= 0.3 is 0 Å². The van der Waals surface area contributed by atoms with Gasteiger partial charge in [0.05, 0.1) is 22.8 Å². The number of nitrogens with one attached hydrogen (secondary N) is 1. The molecular formula is C10H14BrN3O. The van der Waals surface area contributed by atoms with E-state index in [1.807, 2.05) is 24.9 Å². The second-order valence-electron chi connectivity index (χ2n) is 4.32. The van der Waals surface area contributed by atoms with E-state index in [4.69, 9.17) is 0 Å². The van der Waals surface area contributed by atoms with E-state index in [2.05, 4.69) is 26.1 Å². The highest BCUT2D eigenvalue weighted by Crippen LogP contribution is 2.23. The minimum atomic E-state index is -0.482. The van der Waals surface area contributed by atoms with Crippen molar-refractivity contribution in [2.75, 3.05) is 6.54 Å². The maximum atomic E-state index is 12.0. The summed E-state index contributed by atoms with van der Waals surface area (Å²) in [4.78, 5) is 13.9. The van der Waals surface area contributed by atoms with Crippen molar-refractivity contribution in [1.82, 2.24) is 15.1 Å². The van der Waals surface area contributed by atoms with Gasteiger partial charge in [0, 0.05) is 6.54 Å². The first kappa shape index (κ1) is 10.7. The predicted octanol–water partition coefficient (Wildman–Crippen LogP) is 1.47. The predicted molar refractivity (Wildman–Crippen MR) is 60.7 cm³/mol. The standard InChI is InChI=1S/C10H14BrN3O/c1-10(2,11)9(15)14-4-3-7-5-12-13-8(7)6-14/h5H,3-4,6H2,1-2H3,(H,12,13). The van der Waals surface area contributed by atoms with Gasteiger partial charge in [-0.2, -0.15) is 5.10 Å². The van der Waals surface area contributed by atoms with E-state index in [0.29, 0.717) is 6.54 Å². The lowest BCUT2D eigenvalue weighted by Crippen LogP contribution is -2.44. The van der Waals surface area contributed by atoms with Crippen molar-refractivity contribution in [2.24, 2.45) is 0 Å². The van der Waals surface area contributed by atoms with E-state index < -0.39 is 4.32 Å². The Labute approximate surface area is 97.2 Å². The monoisotopic (exact) mass is 271 g/mol. The van der Waals surface area contributed by atoms with Crippen molar-refractivity contribution in [3.63, 3.8) is 0 Å². The van der Waals surface area contributed by atoms with Gasteiger partial charge in [0.1, 0.15) is 0 Å². The Morgan fingerprint density at radius 2 is 2.40 bits per heavy atom. The van der Waals surface area contributed by atoms with Crippen LogP contribution in [0, 0.1) is 0 Å². The molecule has 4 nitrogen and oxygen atoms in total. The number of amides is 1. The molecule has 1 aliphatic heterocycles.